The van der Waals surface area contributed by atoms with Crippen molar-refractivity contribution in [2.45, 2.75) is 83.0 Å². The zero-order valence-corrected chi connectivity index (χ0v) is 22.4. The van der Waals surface area contributed by atoms with E-state index in [1.807, 2.05) is 6.92 Å². The van der Waals surface area contributed by atoms with Crippen LogP contribution in [-0.4, -0.2) is 49.1 Å². The third-order valence-corrected chi connectivity index (χ3v) is 8.30. The number of carboxylic acid groups (broad SMARTS) is 1. The van der Waals surface area contributed by atoms with Crippen LogP contribution in [0, 0.1) is 5.92 Å². The van der Waals surface area contributed by atoms with Gasteiger partial charge in [0, 0.05) is 12.1 Å². The fraction of sp³-hybridized carbons (Fsp3) is 0.536. The highest BCUT2D eigenvalue weighted by Gasteiger charge is 2.37. The lowest BCUT2D eigenvalue weighted by atomic mass is 9.82. The largest absolute Gasteiger partial charge is 0.475 e. The van der Waals surface area contributed by atoms with E-state index >= 15 is 0 Å². The number of fused-ring (bicyclic) bond motifs is 1. The summed E-state index contributed by atoms with van der Waals surface area (Å²) >= 11 is 0. The van der Waals surface area contributed by atoms with E-state index in [0.717, 1.165) is 69.9 Å². The van der Waals surface area contributed by atoms with Crippen molar-refractivity contribution >= 4 is 35.3 Å². The van der Waals surface area contributed by atoms with Gasteiger partial charge in [0.15, 0.2) is 11.5 Å². The Morgan fingerprint density at radius 1 is 1.12 bits per heavy atom. The summed E-state index contributed by atoms with van der Waals surface area (Å²) in [6.07, 6.45) is 5.14. The molecule has 5 rings (SSSR count). The number of carbonyl (C=O) groups excluding carboxylic acids is 1. The van der Waals surface area contributed by atoms with Gasteiger partial charge in [-0.15, -0.1) is 0 Å². The average molecular weight is 559 g/mol. The summed E-state index contributed by atoms with van der Waals surface area (Å²) in [5, 5.41) is 13.0. The first-order valence-electron chi connectivity index (χ1n) is 13.8. The van der Waals surface area contributed by atoms with Gasteiger partial charge < -0.3 is 15.0 Å². The van der Waals surface area contributed by atoms with Crippen LogP contribution in [-0.2, 0) is 17.5 Å². The second kappa shape index (κ2) is 11.1. The topological polar surface area (TPSA) is 113 Å². The molecular weight excluding hydrogens is 525 g/mol. The molecule has 2 aliphatic rings. The van der Waals surface area contributed by atoms with Gasteiger partial charge in [-0.3, -0.25) is 9.69 Å². The smallest absolute Gasteiger partial charge is 0.416 e. The van der Waals surface area contributed by atoms with E-state index in [4.69, 9.17) is 0 Å². The Balaban J connectivity index is 1.63. The maximum atomic E-state index is 13.2. The summed E-state index contributed by atoms with van der Waals surface area (Å²) in [6.45, 7) is 2.64. The predicted octanol–water partition coefficient (Wildman–Crippen LogP) is 5.88. The second-order valence-corrected chi connectivity index (χ2v) is 11.1. The van der Waals surface area contributed by atoms with E-state index in [-0.39, 0.29) is 24.0 Å². The Kier molecular flexibility index (Phi) is 7.70. The highest BCUT2D eigenvalue weighted by molar-refractivity contribution is 5.92. The number of aromatic nitrogens is 4. The van der Waals surface area contributed by atoms with Crippen LogP contribution in [0.2, 0.25) is 0 Å². The number of amides is 1. The summed E-state index contributed by atoms with van der Waals surface area (Å²) < 4.78 is 41.3. The first kappa shape index (κ1) is 27.9. The van der Waals surface area contributed by atoms with Crippen LogP contribution >= 0.6 is 0 Å². The van der Waals surface area contributed by atoms with Crippen molar-refractivity contribution in [3.05, 3.63) is 41.2 Å². The monoisotopic (exact) mass is 558 g/mol. The molecule has 2 N–H and O–H groups in total. The average Bonchev–Trinajstić information content (AvgIpc) is 3.23. The molecule has 2 aromatic heterocycles. The van der Waals surface area contributed by atoms with Crippen molar-refractivity contribution in [1.29, 1.82) is 0 Å². The number of imidazole rings is 1. The fourth-order valence-corrected chi connectivity index (χ4v) is 5.71. The molecule has 2 saturated carbocycles. The third-order valence-electron chi connectivity index (χ3n) is 8.30. The molecule has 2 fully saturated rings. The zero-order valence-electron chi connectivity index (χ0n) is 22.4. The standard InChI is InChI=1S/C28H33F3N6O3/c1-27(13-3-2-4-14-27)37(17-38)26-35-23-21(36(26)16-19-8-10-20(11-9-19)28(29,30)31)22(33-24(34-23)25(39)40)32-15-12-18-6-5-7-18/h8-11,17-18H,2-7,12-16H2,1H3,(H,39,40)(H,32,33,34). The van der Waals surface area contributed by atoms with Crippen LogP contribution in [0.5, 0.6) is 0 Å². The fourth-order valence-electron chi connectivity index (χ4n) is 5.71. The van der Waals surface area contributed by atoms with Crippen LogP contribution in [0.3, 0.4) is 0 Å². The molecule has 214 valence electrons. The lowest BCUT2D eigenvalue weighted by molar-refractivity contribution is -0.137. The highest BCUT2D eigenvalue weighted by Crippen LogP contribution is 2.38. The van der Waals surface area contributed by atoms with Crippen LogP contribution < -0.4 is 10.2 Å². The zero-order chi connectivity index (χ0) is 28.5. The number of alkyl halides is 3. The van der Waals surface area contributed by atoms with Crippen molar-refractivity contribution in [3.8, 4) is 0 Å². The van der Waals surface area contributed by atoms with E-state index in [9.17, 15) is 27.9 Å². The van der Waals surface area contributed by atoms with E-state index in [1.165, 1.54) is 18.6 Å². The van der Waals surface area contributed by atoms with Gasteiger partial charge in [0.05, 0.1) is 12.1 Å². The summed E-state index contributed by atoms with van der Waals surface area (Å²) in [5.74, 6) is -0.603. The lowest BCUT2D eigenvalue weighted by Crippen LogP contribution is -2.48. The lowest BCUT2D eigenvalue weighted by Gasteiger charge is -2.41. The number of nitrogens with one attached hydrogen (secondary N) is 1. The van der Waals surface area contributed by atoms with Crippen molar-refractivity contribution in [2.75, 3.05) is 16.8 Å². The maximum Gasteiger partial charge on any atom is 0.416 e. The summed E-state index contributed by atoms with van der Waals surface area (Å²) in [7, 11) is 0. The van der Waals surface area contributed by atoms with E-state index in [2.05, 4.69) is 20.3 Å². The number of hydrogen-bond donors (Lipinski definition) is 2. The number of halogens is 3. The molecule has 40 heavy (non-hydrogen) atoms. The van der Waals surface area contributed by atoms with Crippen LogP contribution in [0.25, 0.3) is 11.2 Å². The SMILES string of the molecule is CC1(N(C=O)c2nc3nc(C(=O)O)nc(NCCC4CCC4)c3n2Cc2ccc(C(F)(F)F)cc2)CCCCC1. The summed E-state index contributed by atoms with van der Waals surface area (Å²) in [4.78, 5) is 39.2. The number of carboxylic acids is 1. The number of rotatable bonds is 10. The molecule has 2 heterocycles. The molecule has 0 unspecified atom stereocenters. The molecule has 1 aromatic carbocycles. The minimum atomic E-state index is -4.46. The summed E-state index contributed by atoms with van der Waals surface area (Å²) in [6, 6.07) is 4.82. The number of nitrogens with zero attached hydrogens (tertiary/aromatic N) is 5. The van der Waals surface area contributed by atoms with Crippen LogP contribution in [0.4, 0.5) is 24.9 Å². The van der Waals surface area contributed by atoms with E-state index in [0.29, 0.717) is 23.5 Å². The van der Waals surface area contributed by atoms with Crippen molar-refractivity contribution in [3.63, 3.8) is 0 Å². The quantitative estimate of drug-likeness (QED) is 0.299. The first-order valence-corrected chi connectivity index (χ1v) is 13.8. The number of hydrogen-bond acceptors (Lipinski definition) is 6. The van der Waals surface area contributed by atoms with Gasteiger partial charge in [0.25, 0.3) is 0 Å². The van der Waals surface area contributed by atoms with Crippen LogP contribution in [0.15, 0.2) is 24.3 Å². The second-order valence-electron chi connectivity index (χ2n) is 11.1. The molecular formula is C28H33F3N6O3. The minimum absolute atomic E-state index is 0.0808. The molecule has 1 amide bonds. The molecule has 3 aromatic rings. The van der Waals surface area contributed by atoms with Crippen molar-refractivity contribution < 1.29 is 27.9 Å². The number of benzene rings is 1. The Hall–Kier alpha value is -3.70. The molecule has 12 heteroatoms. The van der Waals surface area contributed by atoms with E-state index in [1.54, 1.807) is 9.47 Å². The Labute approximate surface area is 229 Å². The normalized spacial score (nSPS) is 17.4. The Morgan fingerprint density at radius 2 is 1.82 bits per heavy atom. The molecule has 0 spiro atoms. The predicted molar refractivity (Wildman–Crippen MR) is 143 cm³/mol. The van der Waals surface area contributed by atoms with Gasteiger partial charge in [-0.05, 0) is 49.8 Å². The third kappa shape index (κ3) is 5.62. The molecule has 0 saturated heterocycles. The number of anilines is 2. The number of carbonyl (C=O) groups is 2. The van der Waals surface area contributed by atoms with Gasteiger partial charge in [-0.2, -0.15) is 18.2 Å². The summed E-state index contributed by atoms with van der Waals surface area (Å²) in [5.41, 5.74) is -0.230. The van der Waals surface area contributed by atoms with E-state index < -0.39 is 29.1 Å². The first-order chi connectivity index (χ1) is 19.1. The Bertz CT molecular complexity index is 1380. The van der Waals surface area contributed by atoms with Gasteiger partial charge >= 0.3 is 12.1 Å². The molecule has 0 radical (unpaired) electrons. The van der Waals surface area contributed by atoms with Crippen molar-refractivity contribution in [2.24, 2.45) is 5.92 Å². The van der Waals surface area contributed by atoms with Crippen LogP contribution in [0.1, 0.15) is 86.5 Å². The minimum Gasteiger partial charge on any atom is -0.475 e. The number of aromatic carboxylic acids is 1. The van der Waals surface area contributed by atoms with Gasteiger partial charge in [-0.1, -0.05) is 50.7 Å². The van der Waals surface area contributed by atoms with Gasteiger partial charge in [0.2, 0.25) is 18.2 Å². The molecule has 0 aliphatic heterocycles. The highest BCUT2D eigenvalue weighted by atomic mass is 19.4. The Morgan fingerprint density at radius 3 is 2.40 bits per heavy atom. The molecule has 0 bridgehead atoms. The van der Waals surface area contributed by atoms with Gasteiger partial charge in [0.1, 0.15) is 5.52 Å². The van der Waals surface area contributed by atoms with Crippen molar-refractivity contribution in [1.82, 2.24) is 19.5 Å². The molecule has 2 aliphatic carbocycles. The van der Waals surface area contributed by atoms with Gasteiger partial charge in [-0.25, -0.2) is 14.8 Å². The maximum absolute atomic E-state index is 13.2. The molecule has 0 atom stereocenters. The molecule has 9 nitrogen and oxygen atoms in total.